The zero-order chi connectivity index (χ0) is 20.4. The maximum atomic E-state index is 13.3. The first kappa shape index (κ1) is 20.1. The number of nitrogens with one attached hydrogen (secondary N) is 1. The lowest BCUT2D eigenvalue weighted by Crippen LogP contribution is -2.46. The summed E-state index contributed by atoms with van der Waals surface area (Å²) in [5.41, 5.74) is 3.23. The highest BCUT2D eigenvalue weighted by molar-refractivity contribution is 5.38. The summed E-state index contributed by atoms with van der Waals surface area (Å²) >= 11 is 0. The van der Waals surface area contributed by atoms with Crippen molar-refractivity contribution in [2.24, 2.45) is 0 Å². The molecule has 29 heavy (non-hydrogen) atoms. The number of aliphatic hydroxyl groups is 2. The molecule has 0 aromatic heterocycles. The molecule has 0 bridgehead atoms. The lowest BCUT2D eigenvalue weighted by Gasteiger charge is -2.31. The van der Waals surface area contributed by atoms with Crippen LogP contribution in [0.25, 0.3) is 0 Å². The third-order valence-electron chi connectivity index (χ3n) is 5.76. The van der Waals surface area contributed by atoms with E-state index in [0.29, 0.717) is 31.7 Å². The Morgan fingerprint density at radius 3 is 2.10 bits per heavy atom. The van der Waals surface area contributed by atoms with Gasteiger partial charge in [0.25, 0.3) is 0 Å². The second kappa shape index (κ2) is 8.69. The van der Waals surface area contributed by atoms with Crippen LogP contribution in [0.15, 0.2) is 36.4 Å². The standard InChI is InChI=1S/C23H28FNO4/c1-14-2-6-20-15(10-14)3-7-22(28-20)18(26)12-25-13-19(27)23-8-4-16-11-17(24)5-9-21(16)29-23/h2,5-6,9-11,18-19,22-23,25-27H,3-4,7-8,12-13H2,1H3/t18-,19-,22?,23?/m1/s1. The van der Waals surface area contributed by atoms with E-state index in [1.54, 1.807) is 6.07 Å². The van der Waals surface area contributed by atoms with Gasteiger partial charge >= 0.3 is 0 Å². The molecule has 2 unspecified atom stereocenters. The van der Waals surface area contributed by atoms with Crippen LogP contribution >= 0.6 is 0 Å². The quantitative estimate of drug-likeness (QED) is 0.694. The van der Waals surface area contributed by atoms with E-state index in [0.717, 1.165) is 24.2 Å². The highest BCUT2D eigenvalue weighted by atomic mass is 19.1. The summed E-state index contributed by atoms with van der Waals surface area (Å²) in [4.78, 5) is 0. The molecular weight excluding hydrogens is 373 g/mol. The van der Waals surface area contributed by atoms with Gasteiger partial charge < -0.3 is 25.0 Å². The molecule has 5 nitrogen and oxygen atoms in total. The van der Waals surface area contributed by atoms with E-state index in [1.807, 2.05) is 12.1 Å². The average molecular weight is 401 g/mol. The molecule has 0 amide bonds. The van der Waals surface area contributed by atoms with Crippen molar-refractivity contribution in [1.29, 1.82) is 0 Å². The van der Waals surface area contributed by atoms with Crippen molar-refractivity contribution in [3.05, 3.63) is 58.9 Å². The van der Waals surface area contributed by atoms with Gasteiger partial charge in [-0.2, -0.15) is 0 Å². The highest BCUT2D eigenvalue weighted by Gasteiger charge is 2.29. The second-order valence-electron chi connectivity index (χ2n) is 8.05. The zero-order valence-electron chi connectivity index (χ0n) is 16.6. The summed E-state index contributed by atoms with van der Waals surface area (Å²) in [6.07, 6.45) is 0.971. The largest absolute Gasteiger partial charge is 0.487 e. The smallest absolute Gasteiger partial charge is 0.126 e. The first-order chi connectivity index (χ1) is 14.0. The van der Waals surface area contributed by atoms with Crippen LogP contribution < -0.4 is 14.8 Å². The van der Waals surface area contributed by atoms with Gasteiger partial charge in [-0.25, -0.2) is 4.39 Å². The molecule has 2 aliphatic rings. The maximum Gasteiger partial charge on any atom is 0.126 e. The van der Waals surface area contributed by atoms with Gasteiger partial charge in [-0.3, -0.25) is 0 Å². The Bertz CT molecular complexity index is 789. The molecule has 0 aliphatic carbocycles. The predicted molar refractivity (Wildman–Crippen MR) is 108 cm³/mol. The van der Waals surface area contributed by atoms with Crippen LogP contribution in [0.2, 0.25) is 0 Å². The van der Waals surface area contributed by atoms with Crippen LogP contribution in [0, 0.1) is 12.7 Å². The van der Waals surface area contributed by atoms with Crippen molar-refractivity contribution in [2.45, 2.75) is 57.0 Å². The molecule has 4 rings (SSSR count). The molecule has 0 saturated heterocycles. The van der Waals surface area contributed by atoms with Gasteiger partial charge in [-0.05, 0) is 68.0 Å². The Balaban J connectivity index is 1.24. The first-order valence-corrected chi connectivity index (χ1v) is 10.3. The van der Waals surface area contributed by atoms with Gasteiger partial charge in [0.05, 0.1) is 0 Å². The van der Waals surface area contributed by atoms with E-state index in [-0.39, 0.29) is 18.0 Å². The molecule has 2 aliphatic heterocycles. The number of halogens is 1. The fourth-order valence-corrected chi connectivity index (χ4v) is 4.10. The number of hydrogen-bond donors (Lipinski definition) is 3. The van der Waals surface area contributed by atoms with Crippen LogP contribution in [0.4, 0.5) is 4.39 Å². The van der Waals surface area contributed by atoms with Gasteiger partial charge in [-0.1, -0.05) is 17.7 Å². The van der Waals surface area contributed by atoms with Crippen LogP contribution in [-0.2, 0) is 12.8 Å². The molecule has 156 valence electrons. The molecule has 4 atom stereocenters. The number of aryl methyl sites for hydroxylation is 3. The summed E-state index contributed by atoms with van der Waals surface area (Å²) in [5, 5.41) is 24.1. The lowest BCUT2D eigenvalue weighted by atomic mass is 9.97. The van der Waals surface area contributed by atoms with Gasteiger partial charge in [-0.15, -0.1) is 0 Å². The molecule has 2 aromatic rings. The molecule has 2 heterocycles. The molecule has 6 heteroatoms. The Morgan fingerprint density at radius 1 is 0.931 bits per heavy atom. The summed E-state index contributed by atoms with van der Waals surface area (Å²) in [7, 11) is 0. The second-order valence-corrected chi connectivity index (χ2v) is 8.05. The third-order valence-corrected chi connectivity index (χ3v) is 5.76. The minimum absolute atomic E-state index is 0.262. The molecule has 2 aromatic carbocycles. The summed E-state index contributed by atoms with van der Waals surface area (Å²) in [6.45, 7) is 2.70. The van der Waals surface area contributed by atoms with E-state index in [4.69, 9.17) is 9.47 Å². The monoisotopic (exact) mass is 401 g/mol. The maximum absolute atomic E-state index is 13.3. The van der Waals surface area contributed by atoms with Crippen molar-refractivity contribution < 1.29 is 24.1 Å². The van der Waals surface area contributed by atoms with Crippen LogP contribution in [-0.4, -0.2) is 47.7 Å². The minimum atomic E-state index is -0.712. The number of benzene rings is 2. The number of ether oxygens (including phenoxy) is 2. The van der Waals surface area contributed by atoms with E-state index >= 15 is 0 Å². The van der Waals surface area contributed by atoms with Crippen molar-refractivity contribution >= 4 is 0 Å². The van der Waals surface area contributed by atoms with Crippen molar-refractivity contribution in [2.75, 3.05) is 13.1 Å². The minimum Gasteiger partial charge on any atom is -0.487 e. The SMILES string of the molecule is Cc1ccc2c(c1)CCC([C@H](O)CNC[C@@H](O)C1CCc3cc(F)ccc3O1)O2. The van der Waals surface area contributed by atoms with Crippen molar-refractivity contribution in [3.63, 3.8) is 0 Å². The van der Waals surface area contributed by atoms with Gasteiger partial charge in [0.2, 0.25) is 0 Å². The molecule has 0 fully saturated rings. The first-order valence-electron chi connectivity index (χ1n) is 10.3. The van der Waals surface area contributed by atoms with Gasteiger partial charge in [0.1, 0.15) is 41.7 Å². The molecule has 0 saturated carbocycles. The molecule has 0 radical (unpaired) electrons. The highest BCUT2D eigenvalue weighted by Crippen LogP contribution is 2.30. The van der Waals surface area contributed by atoms with Crippen LogP contribution in [0.5, 0.6) is 11.5 Å². The zero-order valence-corrected chi connectivity index (χ0v) is 16.6. The van der Waals surface area contributed by atoms with E-state index in [1.165, 1.54) is 23.3 Å². The molecule has 3 N–H and O–H groups in total. The van der Waals surface area contributed by atoms with Gasteiger partial charge in [0, 0.05) is 13.1 Å². The normalized spacial score (nSPS) is 22.6. The summed E-state index contributed by atoms with van der Waals surface area (Å²) < 4.78 is 25.1. The molecular formula is C23H28FNO4. The number of fused-ring (bicyclic) bond motifs is 2. The van der Waals surface area contributed by atoms with Crippen molar-refractivity contribution in [1.82, 2.24) is 5.32 Å². The molecule has 0 spiro atoms. The van der Waals surface area contributed by atoms with Crippen molar-refractivity contribution in [3.8, 4) is 11.5 Å². The third kappa shape index (κ3) is 4.71. The topological polar surface area (TPSA) is 71.0 Å². The predicted octanol–water partition coefficient (Wildman–Crippen LogP) is 2.53. The Kier molecular flexibility index (Phi) is 6.04. The Hall–Kier alpha value is -2.15. The Labute approximate surface area is 170 Å². The number of hydrogen-bond acceptors (Lipinski definition) is 5. The van der Waals surface area contributed by atoms with E-state index in [2.05, 4.69) is 18.3 Å². The van der Waals surface area contributed by atoms with Gasteiger partial charge in [0.15, 0.2) is 0 Å². The number of rotatable bonds is 6. The lowest BCUT2D eigenvalue weighted by molar-refractivity contribution is 0.00896. The average Bonchev–Trinajstić information content (AvgIpc) is 2.72. The Morgan fingerprint density at radius 2 is 1.48 bits per heavy atom. The summed E-state index contributed by atoms with van der Waals surface area (Å²) in [6, 6.07) is 10.6. The van der Waals surface area contributed by atoms with E-state index in [9.17, 15) is 14.6 Å². The van der Waals surface area contributed by atoms with E-state index < -0.39 is 12.2 Å². The van der Waals surface area contributed by atoms with Crippen LogP contribution in [0.3, 0.4) is 0 Å². The number of aliphatic hydroxyl groups excluding tert-OH is 2. The fourth-order valence-electron chi connectivity index (χ4n) is 4.10. The fraction of sp³-hybridized carbons (Fsp3) is 0.478. The summed E-state index contributed by atoms with van der Waals surface area (Å²) in [5.74, 6) is 1.20. The van der Waals surface area contributed by atoms with Crippen LogP contribution in [0.1, 0.15) is 29.5 Å².